The summed E-state index contributed by atoms with van der Waals surface area (Å²) in [6, 6.07) is 0. The molecule has 100 valence electrons. The first-order chi connectivity index (χ1) is 6.49. The summed E-state index contributed by atoms with van der Waals surface area (Å²) in [5.74, 6) is 0. The van der Waals surface area contributed by atoms with E-state index in [1.54, 1.807) is 0 Å². The molecule has 0 aromatic rings. The van der Waals surface area contributed by atoms with E-state index in [9.17, 15) is 0 Å². The Balaban J connectivity index is 0. The van der Waals surface area contributed by atoms with Crippen LogP contribution in [0.2, 0.25) is 0 Å². The summed E-state index contributed by atoms with van der Waals surface area (Å²) in [4.78, 5) is 0. The fraction of sp³-hybridized carbons (Fsp3) is 1.00. The molecule has 0 aliphatic heterocycles. The zero-order chi connectivity index (χ0) is 12.3. The summed E-state index contributed by atoms with van der Waals surface area (Å²) in [6.45, 7) is 12.2. The summed E-state index contributed by atoms with van der Waals surface area (Å²) >= 11 is 0. The maximum absolute atomic E-state index is 5.93. The first kappa shape index (κ1) is 18.5. The van der Waals surface area contributed by atoms with Crippen molar-refractivity contribution in [2.45, 2.75) is 77.7 Å². The van der Waals surface area contributed by atoms with Crippen LogP contribution in [0.1, 0.15) is 54.4 Å². The maximum atomic E-state index is 5.93. The Morgan fingerprint density at radius 1 is 0.875 bits per heavy atom. The average molecular weight is 253 g/mol. The van der Waals surface area contributed by atoms with Crippen LogP contribution in [-0.2, 0) is 4.74 Å². The molecule has 4 heteroatoms. The van der Waals surface area contributed by atoms with Gasteiger partial charge in [0.15, 0.2) is 0 Å². The fourth-order valence-corrected chi connectivity index (χ4v) is 1.97. The Hall–Kier alpha value is 0.170. The van der Waals surface area contributed by atoms with Crippen molar-refractivity contribution >= 4 is 12.4 Å². The SMILES string of the molecule is CC(CC(C)(C)N)OC(C)CC(C)(C)N.Cl. The molecule has 16 heavy (non-hydrogen) atoms. The molecular weight excluding hydrogens is 224 g/mol. The second-order valence-electron chi connectivity index (χ2n) is 6.14. The predicted molar refractivity (Wildman–Crippen MR) is 73.0 cm³/mol. The van der Waals surface area contributed by atoms with Crippen molar-refractivity contribution in [2.75, 3.05) is 0 Å². The van der Waals surface area contributed by atoms with Gasteiger partial charge in [-0.05, 0) is 54.4 Å². The molecule has 0 radical (unpaired) electrons. The molecule has 0 amide bonds. The zero-order valence-electron chi connectivity index (χ0n) is 11.5. The van der Waals surface area contributed by atoms with Crippen molar-refractivity contribution in [3.63, 3.8) is 0 Å². The van der Waals surface area contributed by atoms with Crippen LogP contribution in [0, 0.1) is 0 Å². The summed E-state index contributed by atoms with van der Waals surface area (Å²) in [5, 5.41) is 0. The quantitative estimate of drug-likeness (QED) is 0.764. The smallest absolute Gasteiger partial charge is 0.0567 e. The molecule has 3 nitrogen and oxygen atoms in total. The van der Waals surface area contributed by atoms with Crippen LogP contribution in [0.5, 0.6) is 0 Å². The van der Waals surface area contributed by atoms with Crippen LogP contribution in [0.3, 0.4) is 0 Å². The van der Waals surface area contributed by atoms with E-state index in [1.165, 1.54) is 0 Å². The minimum Gasteiger partial charge on any atom is -0.375 e. The van der Waals surface area contributed by atoms with E-state index in [4.69, 9.17) is 16.2 Å². The van der Waals surface area contributed by atoms with Gasteiger partial charge in [-0.25, -0.2) is 0 Å². The van der Waals surface area contributed by atoms with Crippen molar-refractivity contribution < 1.29 is 4.74 Å². The van der Waals surface area contributed by atoms with Gasteiger partial charge < -0.3 is 16.2 Å². The molecule has 0 heterocycles. The molecule has 0 aromatic heterocycles. The van der Waals surface area contributed by atoms with Crippen LogP contribution < -0.4 is 11.5 Å². The second-order valence-corrected chi connectivity index (χ2v) is 6.14. The summed E-state index contributed by atoms with van der Waals surface area (Å²) < 4.78 is 5.84. The van der Waals surface area contributed by atoms with E-state index in [0.29, 0.717) is 0 Å². The van der Waals surface area contributed by atoms with Crippen LogP contribution in [0.25, 0.3) is 0 Å². The Labute approximate surface area is 107 Å². The summed E-state index contributed by atoms with van der Waals surface area (Å²) in [7, 11) is 0. The lowest BCUT2D eigenvalue weighted by Gasteiger charge is -2.29. The van der Waals surface area contributed by atoms with Gasteiger partial charge in [-0.15, -0.1) is 12.4 Å². The van der Waals surface area contributed by atoms with E-state index in [1.807, 2.05) is 27.7 Å². The molecule has 0 saturated heterocycles. The highest BCUT2D eigenvalue weighted by Gasteiger charge is 2.21. The molecule has 0 fully saturated rings. The van der Waals surface area contributed by atoms with E-state index in [2.05, 4.69) is 13.8 Å². The standard InChI is InChI=1S/C12H28N2O.ClH/c1-9(7-11(3,4)13)15-10(2)8-12(5,6)14;/h9-10H,7-8,13-14H2,1-6H3;1H. The van der Waals surface area contributed by atoms with E-state index < -0.39 is 0 Å². The van der Waals surface area contributed by atoms with Gasteiger partial charge in [0, 0.05) is 11.1 Å². The summed E-state index contributed by atoms with van der Waals surface area (Å²) in [5.41, 5.74) is 11.5. The molecule has 0 aromatic carbocycles. The lowest BCUT2D eigenvalue weighted by molar-refractivity contribution is -0.0160. The number of halogens is 1. The van der Waals surface area contributed by atoms with E-state index in [-0.39, 0.29) is 35.7 Å². The third kappa shape index (κ3) is 12.2. The van der Waals surface area contributed by atoms with E-state index >= 15 is 0 Å². The topological polar surface area (TPSA) is 61.3 Å². The average Bonchev–Trinajstić information content (AvgIpc) is 1.73. The third-order valence-corrected chi connectivity index (χ3v) is 2.09. The normalized spacial score (nSPS) is 16.5. The van der Waals surface area contributed by atoms with Gasteiger partial charge in [0.2, 0.25) is 0 Å². The van der Waals surface area contributed by atoms with Gasteiger partial charge in [0.25, 0.3) is 0 Å². The van der Waals surface area contributed by atoms with Crippen molar-refractivity contribution in [1.29, 1.82) is 0 Å². The van der Waals surface area contributed by atoms with Gasteiger partial charge in [-0.2, -0.15) is 0 Å². The van der Waals surface area contributed by atoms with Crippen LogP contribution in [-0.4, -0.2) is 23.3 Å². The highest BCUT2D eigenvalue weighted by molar-refractivity contribution is 5.85. The molecule has 0 saturated carbocycles. The minimum atomic E-state index is -0.169. The monoisotopic (exact) mass is 252 g/mol. The van der Waals surface area contributed by atoms with Gasteiger partial charge in [-0.1, -0.05) is 0 Å². The highest BCUT2D eigenvalue weighted by atomic mass is 35.5. The van der Waals surface area contributed by atoms with Crippen molar-refractivity contribution in [3.05, 3.63) is 0 Å². The number of hydrogen-bond acceptors (Lipinski definition) is 3. The Morgan fingerprint density at radius 2 is 1.12 bits per heavy atom. The van der Waals surface area contributed by atoms with Crippen molar-refractivity contribution in [2.24, 2.45) is 11.5 Å². The molecule has 0 rings (SSSR count). The molecule has 2 unspecified atom stereocenters. The first-order valence-corrected chi connectivity index (χ1v) is 5.73. The Kier molecular flexibility index (Phi) is 7.87. The molecule has 0 spiro atoms. The molecular formula is C12H29ClN2O. The third-order valence-electron chi connectivity index (χ3n) is 2.09. The largest absolute Gasteiger partial charge is 0.375 e. The maximum Gasteiger partial charge on any atom is 0.0567 e. The van der Waals surface area contributed by atoms with E-state index in [0.717, 1.165) is 12.8 Å². The van der Waals surface area contributed by atoms with Crippen LogP contribution in [0.15, 0.2) is 0 Å². The van der Waals surface area contributed by atoms with Gasteiger partial charge in [0.05, 0.1) is 12.2 Å². The van der Waals surface area contributed by atoms with Gasteiger partial charge in [-0.3, -0.25) is 0 Å². The number of ether oxygens (including phenoxy) is 1. The predicted octanol–water partition coefficient (Wildman–Crippen LogP) is 2.46. The molecule has 0 aliphatic carbocycles. The minimum absolute atomic E-state index is 0. The highest BCUT2D eigenvalue weighted by Crippen LogP contribution is 2.16. The number of nitrogens with two attached hydrogens (primary N) is 2. The van der Waals surface area contributed by atoms with Gasteiger partial charge in [0.1, 0.15) is 0 Å². The fourth-order valence-electron chi connectivity index (χ4n) is 1.97. The van der Waals surface area contributed by atoms with Crippen LogP contribution in [0.4, 0.5) is 0 Å². The first-order valence-electron chi connectivity index (χ1n) is 5.73. The summed E-state index contributed by atoms with van der Waals surface area (Å²) in [6.07, 6.45) is 2.09. The molecule has 0 aliphatic rings. The zero-order valence-corrected chi connectivity index (χ0v) is 12.4. The van der Waals surface area contributed by atoms with Crippen molar-refractivity contribution in [3.8, 4) is 0 Å². The molecule has 4 N–H and O–H groups in total. The second kappa shape index (κ2) is 6.80. The lowest BCUT2D eigenvalue weighted by Crippen LogP contribution is -2.39. The van der Waals surface area contributed by atoms with Crippen molar-refractivity contribution in [1.82, 2.24) is 0 Å². The molecule has 2 atom stereocenters. The molecule has 0 bridgehead atoms. The van der Waals surface area contributed by atoms with Gasteiger partial charge >= 0.3 is 0 Å². The lowest BCUT2D eigenvalue weighted by atomic mass is 9.97. The number of rotatable bonds is 6. The Bertz CT molecular complexity index is 164. The number of hydrogen-bond donors (Lipinski definition) is 2. The Morgan fingerprint density at radius 3 is 1.31 bits per heavy atom. The van der Waals surface area contributed by atoms with Crippen LogP contribution >= 0.6 is 12.4 Å².